The van der Waals surface area contributed by atoms with Crippen LogP contribution in [0.2, 0.25) is 0 Å². The molecule has 19 heavy (non-hydrogen) atoms. The molecule has 2 N–H and O–H groups in total. The van der Waals surface area contributed by atoms with Gasteiger partial charge in [-0.15, -0.1) is 11.3 Å². The molecule has 1 heterocycles. The average molecular weight is 346 g/mol. The molecule has 0 spiro atoms. The van der Waals surface area contributed by atoms with Gasteiger partial charge in [0.2, 0.25) is 0 Å². The van der Waals surface area contributed by atoms with Crippen LogP contribution < -0.4 is 5.32 Å². The van der Waals surface area contributed by atoms with Gasteiger partial charge in [-0.1, -0.05) is 25.7 Å². The van der Waals surface area contributed by atoms with Gasteiger partial charge in [0.05, 0.1) is 9.35 Å². The zero-order chi connectivity index (χ0) is 13.9. The molecule has 1 aromatic heterocycles. The van der Waals surface area contributed by atoms with Gasteiger partial charge >= 0.3 is 5.97 Å². The summed E-state index contributed by atoms with van der Waals surface area (Å²) in [5.41, 5.74) is -0.580. The van der Waals surface area contributed by atoms with E-state index in [0.717, 1.165) is 29.5 Å². The number of carbonyl (C=O) groups is 2. The number of carboxylic acid groups (broad SMARTS) is 1. The number of halogens is 1. The predicted molar refractivity (Wildman–Crippen MR) is 77.6 cm³/mol. The summed E-state index contributed by atoms with van der Waals surface area (Å²) in [5, 5.41) is 14.0. The van der Waals surface area contributed by atoms with Crippen LogP contribution in [-0.4, -0.2) is 22.5 Å². The zero-order valence-electron chi connectivity index (χ0n) is 10.4. The van der Waals surface area contributed by atoms with E-state index in [2.05, 4.69) is 21.2 Å². The highest BCUT2D eigenvalue weighted by atomic mass is 79.9. The SMILES string of the molecule is O=C(NC1(C(=O)O)CCCCCC1)c1csc(Br)c1. The first-order chi connectivity index (χ1) is 9.03. The van der Waals surface area contributed by atoms with Crippen LogP contribution in [-0.2, 0) is 4.79 Å². The Balaban J connectivity index is 2.16. The summed E-state index contributed by atoms with van der Waals surface area (Å²) in [6.45, 7) is 0. The van der Waals surface area contributed by atoms with Gasteiger partial charge in [-0.05, 0) is 34.8 Å². The number of aliphatic carboxylic acids is 1. The predicted octanol–water partition coefficient (Wildman–Crippen LogP) is 3.42. The second-order valence-corrected chi connectivity index (χ2v) is 7.19. The molecule has 0 bridgehead atoms. The lowest BCUT2D eigenvalue weighted by molar-refractivity contribution is -0.145. The lowest BCUT2D eigenvalue weighted by Gasteiger charge is -2.29. The number of rotatable bonds is 3. The first-order valence-electron chi connectivity index (χ1n) is 6.33. The van der Waals surface area contributed by atoms with Crippen molar-refractivity contribution in [2.24, 2.45) is 0 Å². The average Bonchev–Trinajstić information content (AvgIpc) is 2.65. The van der Waals surface area contributed by atoms with E-state index in [-0.39, 0.29) is 5.91 Å². The molecular formula is C13H16BrNO3S. The third kappa shape index (κ3) is 3.36. The molecule has 0 saturated heterocycles. The quantitative estimate of drug-likeness (QED) is 0.824. The number of hydrogen-bond acceptors (Lipinski definition) is 3. The highest BCUT2D eigenvalue weighted by molar-refractivity contribution is 9.11. The Hall–Kier alpha value is -0.880. The Kier molecular flexibility index (Phi) is 4.62. The van der Waals surface area contributed by atoms with Gasteiger partial charge in [-0.2, -0.15) is 0 Å². The van der Waals surface area contributed by atoms with Crippen molar-refractivity contribution in [2.45, 2.75) is 44.1 Å². The molecule has 1 aromatic rings. The van der Waals surface area contributed by atoms with Crippen LogP contribution in [0.3, 0.4) is 0 Å². The van der Waals surface area contributed by atoms with Gasteiger partial charge in [0, 0.05) is 5.38 Å². The standard InChI is InChI=1S/C13H16BrNO3S/c14-10-7-9(8-19-10)11(16)15-13(12(17)18)5-3-1-2-4-6-13/h7-8H,1-6H2,(H,15,16)(H,17,18). The normalized spacial score (nSPS) is 18.6. The molecule has 1 amide bonds. The monoisotopic (exact) mass is 345 g/mol. The maximum absolute atomic E-state index is 12.2. The van der Waals surface area contributed by atoms with Gasteiger partial charge in [0.25, 0.3) is 5.91 Å². The molecule has 1 aliphatic carbocycles. The molecular weight excluding hydrogens is 330 g/mol. The molecule has 104 valence electrons. The minimum absolute atomic E-state index is 0.300. The van der Waals surface area contributed by atoms with E-state index in [1.54, 1.807) is 11.4 Å². The van der Waals surface area contributed by atoms with Crippen molar-refractivity contribution < 1.29 is 14.7 Å². The van der Waals surface area contributed by atoms with Crippen LogP contribution in [0.1, 0.15) is 48.9 Å². The van der Waals surface area contributed by atoms with E-state index in [9.17, 15) is 14.7 Å². The van der Waals surface area contributed by atoms with Crippen LogP contribution in [0.15, 0.2) is 15.2 Å². The number of hydrogen-bond donors (Lipinski definition) is 2. The number of carboxylic acids is 1. The third-order valence-electron chi connectivity index (χ3n) is 3.55. The molecule has 1 aliphatic rings. The van der Waals surface area contributed by atoms with Crippen molar-refractivity contribution in [1.82, 2.24) is 5.32 Å². The van der Waals surface area contributed by atoms with Crippen molar-refractivity contribution in [3.8, 4) is 0 Å². The van der Waals surface area contributed by atoms with Crippen LogP contribution in [0.25, 0.3) is 0 Å². The summed E-state index contributed by atoms with van der Waals surface area (Å²) in [5.74, 6) is -1.22. The second-order valence-electron chi connectivity index (χ2n) is 4.90. The van der Waals surface area contributed by atoms with Gasteiger partial charge in [0.1, 0.15) is 5.54 Å². The van der Waals surface area contributed by atoms with Crippen molar-refractivity contribution in [2.75, 3.05) is 0 Å². The Labute approximate surface area is 124 Å². The Morgan fingerprint density at radius 3 is 2.37 bits per heavy atom. The molecule has 2 rings (SSSR count). The highest BCUT2D eigenvalue weighted by Gasteiger charge is 2.40. The summed E-state index contributed by atoms with van der Waals surface area (Å²) in [4.78, 5) is 23.7. The maximum atomic E-state index is 12.2. The molecule has 4 nitrogen and oxygen atoms in total. The topological polar surface area (TPSA) is 66.4 Å². The van der Waals surface area contributed by atoms with Gasteiger partial charge in [-0.3, -0.25) is 4.79 Å². The first-order valence-corrected chi connectivity index (χ1v) is 8.01. The molecule has 0 radical (unpaired) electrons. The van der Waals surface area contributed by atoms with E-state index in [1.807, 2.05) is 0 Å². The first kappa shape index (κ1) is 14.5. The molecule has 6 heteroatoms. The minimum atomic E-state index is -1.10. The van der Waals surface area contributed by atoms with Crippen LogP contribution >= 0.6 is 27.3 Å². The minimum Gasteiger partial charge on any atom is -0.480 e. The van der Waals surface area contributed by atoms with E-state index in [4.69, 9.17) is 0 Å². The molecule has 0 aromatic carbocycles. The van der Waals surface area contributed by atoms with E-state index >= 15 is 0 Å². The van der Waals surface area contributed by atoms with E-state index in [1.165, 1.54) is 11.3 Å². The Morgan fingerprint density at radius 2 is 1.89 bits per heavy atom. The zero-order valence-corrected chi connectivity index (χ0v) is 12.8. The summed E-state index contributed by atoms with van der Waals surface area (Å²) in [6, 6.07) is 1.71. The highest BCUT2D eigenvalue weighted by Crippen LogP contribution is 2.28. The number of carbonyl (C=O) groups excluding carboxylic acids is 1. The fourth-order valence-corrected chi connectivity index (χ4v) is 3.58. The van der Waals surface area contributed by atoms with Gasteiger partial charge < -0.3 is 10.4 Å². The maximum Gasteiger partial charge on any atom is 0.329 e. The second kappa shape index (κ2) is 6.05. The van der Waals surface area contributed by atoms with Crippen LogP contribution in [0.5, 0.6) is 0 Å². The fourth-order valence-electron chi connectivity index (χ4n) is 2.44. The Morgan fingerprint density at radius 1 is 1.26 bits per heavy atom. The van der Waals surface area contributed by atoms with E-state index < -0.39 is 11.5 Å². The van der Waals surface area contributed by atoms with Crippen molar-refractivity contribution in [1.29, 1.82) is 0 Å². The molecule has 1 saturated carbocycles. The molecule has 1 fully saturated rings. The van der Waals surface area contributed by atoms with Crippen molar-refractivity contribution in [3.63, 3.8) is 0 Å². The van der Waals surface area contributed by atoms with Gasteiger partial charge in [-0.25, -0.2) is 4.79 Å². The smallest absolute Gasteiger partial charge is 0.329 e. The van der Waals surface area contributed by atoms with Crippen molar-refractivity contribution in [3.05, 3.63) is 20.8 Å². The molecule has 0 atom stereocenters. The van der Waals surface area contributed by atoms with Crippen LogP contribution in [0.4, 0.5) is 0 Å². The number of thiophene rings is 1. The fraction of sp³-hybridized carbons (Fsp3) is 0.538. The van der Waals surface area contributed by atoms with E-state index in [0.29, 0.717) is 18.4 Å². The molecule has 0 aliphatic heterocycles. The van der Waals surface area contributed by atoms with Crippen LogP contribution in [0, 0.1) is 0 Å². The third-order valence-corrected chi connectivity index (χ3v) is 5.05. The molecule has 0 unspecified atom stereocenters. The number of amides is 1. The van der Waals surface area contributed by atoms with Crippen molar-refractivity contribution >= 4 is 39.1 Å². The lowest BCUT2D eigenvalue weighted by atomic mass is 9.90. The summed E-state index contributed by atoms with van der Waals surface area (Å²) in [6.07, 6.45) is 4.79. The van der Waals surface area contributed by atoms with Gasteiger partial charge in [0.15, 0.2) is 0 Å². The number of nitrogens with one attached hydrogen (secondary N) is 1. The summed E-state index contributed by atoms with van der Waals surface area (Å²) in [7, 11) is 0. The lowest BCUT2D eigenvalue weighted by Crippen LogP contribution is -2.54. The Bertz CT molecular complexity index is 478. The summed E-state index contributed by atoms with van der Waals surface area (Å²) >= 11 is 4.72. The largest absolute Gasteiger partial charge is 0.480 e. The summed E-state index contributed by atoms with van der Waals surface area (Å²) < 4.78 is 0.864.